The first kappa shape index (κ1) is 47.7. The van der Waals surface area contributed by atoms with Crippen LogP contribution in [-0.2, 0) is 28.6 Å². The largest absolute Gasteiger partial charge is 0.462 e. The number of carbonyl (C=O) groups is 3. The average molecular weight is 709 g/mol. The minimum absolute atomic E-state index is 0.157. The average Bonchev–Trinajstić information content (AvgIpc) is 3.11. The summed E-state index contributed by atoms with van der Waals surface area (Å²) in [4.78, 5) is 39.5. The van der Waals surface area contributed by atoms with Crippen molar-refractivity contribution in [2.24, 2.45) is 5.11 Å². The molecule has 0 aliphatic rings. The van der Waals surface area contributed by atoms with Crippen LogP contribution in [0.2, 0.25) is 0 Å². The van der Waals surface area contributed by atoms with E-state index in [-0.39, 0.29) is 38.1 Å². The Kier molecular flexibility index (Phi) is 37.7. The molecule has 0 aliphatic carbocycles. The van der Waals surface area contributed by atoms with Gasteiger partial charge in [0, 0.05) is 12.8 Å². The summed E-state index contributed by atoms with van der Waals surface area (Å²) >= 11 is 0. The van der Waals surface area contributed by atoms with E-state index < -0.39 is 12.1 Å². The highest BCUT2D eigenvalue weighted by Crippen LogP contribution is 2.16. The van der Waals surface area contributed by atoms with Crippen LogP contribution in [0.25, 0.3) is 0 Å². The fraction of sp³-hybridized carbons (Fsp3) is 0.927. The van der Waals surface area contributed by atoms with Crippen molar-refractivity contribution in [2.45, 2.75) is 225 Å². The van der Waals surface area contributed by atoms with E-state index in [1.54, 1.807) is 0 Å². The molecule has 0 bridgehead atoms. The first-order valence-electron chi connectivity index (χ1n) is 21.1. The molecule has 292 valence electrons. The molecule has 0 saturated heterocycles. The predicted molar refractivity (Wildman–Crippen MR) is 203 cm³/mol. The van der Waals surface area contributed by atoms with Gasteiger partial charge in [0.2, 0.25) is 11.5 Å². The van der Waals surface area contributed by atoms with Gasteiger partial charge in [-0.25, -0.2) is 4.79 Å². The number of hydrogen-bond donors (Lipinski definition) is 1. The molecule has 0 heterocycles. The van der Waals surface area contributed by atoms with Crippen LogP contribution in [0.3, 0.4) is 0 Å². The van der Waals surface area contributed by atoms with Gasteiger partial charge in [-0.05, 0) is 12.8 Å². The summed E-state index contributed by atoms with van der Waals surface area (Å²) < 4.78 is 16.0. The fourth-order valence-electron chi connectivity index (χ4n) is 6.22. The van der Waals surface area contributed by atoms with Crippen molar-refractivity contribution in [2.75, 3.05) is 19.8 Å². The number of nitrogens with one attached hydrogen (secondary N) is 1. The number of esters is 3. The Balaban J connectivity index is 4.02. The van der Waals surface area contributed by atoms with Gasteiger partial charge >= 0.3 is 17.9 Å². The Morgan fingerprint density at radius 2 is 0.760 bits per heavy atom. The minimum Gasteiger partial charge on any atom is -0.462 e. The Morgan fingerprint density at radius 1 is 0.460 bits per heavy atom. The second-order valence-corrected chi connectivity index (χ2v) is 14.3. The standard InChI is InChI=1S/C41H78N3O6/c1-3-5-7-9-11-13-15-17-19-21-23-25-27-29-31-33-39(45)48-36-38(37-49-41(47)35-43-44-42)50-40(46)34-32-30-28-26-24-22-20-18-16-14-12-10-8-6-4-2/h38,42H,3-37H2,1-2H3/q+1. The zero-order chi connectivity index (χ0) is 36.6. The van der Waals surface area contributed by atoms with Gasteiger partial charge in [0.1, 0.15) is 23.9 Å². The topological polar surface area (TPSA) is 129 Å². The molecule has 0 rings (SSSR count). The lowest BCUT2D eigenvalue weighted by atomic mass is 10.0. The number of carbonyl (C=O) groups excluding carboxylic acids is 3. The molecule has 0 spiro atoms. The van der Waals surface area contributed by atoms with E-state index >= 15 is 0 Å². The summed E-state index contributed by atoms with van der Waals surface area (Å²) in [5.41, 5.74) is 6.68. The van der Waals surface area contributed by atoms with Crippen LogP contribution in [0, 0.1) is 5.53 Å². The predicted octanol–water partition coefficient (Wildman–Crippen LogP) is 12.1. The summed E-state index contributed by atoms with van der Waals surface area (Å²) in [6, 6.07) is 0. The van der Waals surface area contributed by atoms with Gasteiger partial charge < -0.3 is 14.2 Å². The molecule has 0 fully saturated rings. The van der Waals surface area contributed by atoms with E-state index in [1.807, 2.05) is 0 Å². The maximum atomic E-state index is 12.5. The molecular formula is C41H78N3O6+. The zero-order valence-electron chi connectivity index (χ0n) is 32.7. The van der Waals surface area contributed by atoms with Gasteiger partial charge in [-0.3, -0.25) is 9.59 Å². The molecular weight excluding hydrogens is 630 g/mol. The van der Waals surface area contributed by atoms with E-state index in [9.17, 15) is 14.4 Å². The summed E-state index contributed by atoms with van der Waals surface area (Å²) in [5.74, 6) is -1.41. The van der Waals surface area contributed by atoms with Crippen molar-refractivity contribution in [3.05, 3.63) is 0 Å². The number of rotatable bonds is 39. The van der Waals surface area contributed by atoms with Gasteiger partial charge in [0.15, 0.2) is 6.10 Å². The molecule has 9 heteroatoms. The highest BCUT2D eigenvalue weighted by molar-refractivity contribution is 5.72. The number of unbranched alkanes of at least 4 members (excludes halogenated alkanes) is 28. The van der Waals surface area contributed by atoms with Gasteiger partial charge in [0.25, 0.3) is 0 Å². The third kappa shape index (κ3) is 37.0. The monoisotopic (exact) mass is 709 g/mol. The molecule has 0 radical (unpaired) electrons. The molecule has 1 N–H and O–H groups in total. The van der Waals surface area contributed by atoms with E-state index in [1.165, 1.54) is 154 Å². The second kappa shape index (κ2) is 39.5. The smallest absolute Gasteiger partial charge is 0.335 e. The van der Waals surface area contributed by atoms with Gasteiger partial charge in [0.05, 0.1) is 0 Å². The molecule has 0 saturated carbocycles. The first-order chi connectivity index (χ1) is 24.5. The first-order valence-corrected chi connectivity index (χ1v) is 21.1. The minimum atomic E-state index is -0.874. The molecule has 0 aliphatic heterocycles. The van der Waals surface area contributed by atoms with Gasteiger partial charge in [-0.2, -0.15) is 0 Å². The molecule has 50 heavy (non-hydrogen) atoms. The van der Waals surface area contributed by atoms with Gasteiger partial charge in [-0.15, -0.1) is 0 Å². The quantitative estimate of drug-likeness (QED) is 0.0222. The fourth-order valence-corrected chi connectivity index (χ4v) is 6.22. The van der Waals surface area contributed by atoms with E-state index in [0.717, 1.165) is 38.5 Å². The maximum absolute atomic E-state index is 12.5. The van der Waals surface area contributed by atoms with Crippen molar-refractivity contribution in [1.82, 2.24) is 4.91 Å². The Labute approximate surface area is 306 Å². The van der Waals surface area contributed by atoms with Crippen LogP contribution in [0.1, 0.15) is 219 Å². The van der Waals surface area contributed by atoms with Crippen molar-refractivity contribution in [3.8, 4) is 0 Å². The zero-order valence-corrected chi connectivity index (χ0v) is 32.7. The maximum Gasteiger partial charge on any atom is 0.335 e. The van der Waals surface area contributed by atoms with Crippen LogP contribution < -0.4 is 4.91 Å². The molecule has 0 aromatic heterocycles. The van der Waals surface area contributed by atoms with Crippen molar-refractivity contribution in [1.29, 1.82) is 5.53 Å². The second-order valence-electron chi connectivity index (χ2n) is 14.3. The number of ether oxygens (including phenoxy) is 3. The Bertz CT molecular complexity index is 833. The van der Waals surface area contributed by atoms with Crippen LogP contribution >= 0.6 is 0 Å². The highest BCUT2D eigenvalue weighted by Gasteiger charge is 2.20. The summed E-state index contributed by atoms with van der Waals surface area (Å²) in [5, 5.41) is 3.30. The van der Waals surface area contributed by atoms with Crippen LogP contribution in [0.15, 0.2) is 5.11 Å². The van der Waals surface area contributed by atoms with Crippen LogP contribution in [0.4, 0.5) is 0 Å². The summed E-state index contributed by atoms with van der Waals surface area (Å²) in [7, 11) is 0. The molecule has 9 nitrogen and oxygen atoms in total. The lowest BCUT2D eigenvalue weighted by Crippen LogP contribution is -2.31. The van der Waals surface area contributed by atoms with Crippen LogP contribution in [0.5, 0.6) is 0 Å². The molecule has 0 aromatic rings. The lowest BCUT2D eigenvalue weighted by Gasteiger charge is -2.18. The Morgan fingerprint density at radius 3 is 1.10 bits per heavy atom. The van der Waals surface area contributed by atoms with Gasteiger partial charge in [-0.1, -0.05) is 194 Å². The number of nitrogens with zero attached hydrogens (tertiary/aromatic N) is 2. The Hall–Kier alpha value is -2.28. The summed E-state index contributed by atoms with van der Waals surface area (Å²) in [6.07, 6.45) is 37.5. The summed E-state index contributed by atoms with van der Waals surface area (Å²) in [6.45, 7) is 3.75. The van der Waals surface area contributed by atoms with E-state index in [2.05, 4.69) is 23.9 Å². The third-order valence-corrected chi connectivity index (χ3v) is 9.40. The number of hydrogen-bond acceptors (Lipinski definition) is 8. The third-order valence-electron chi connectivity index (χ3n) is 9.40. The van der Waals surface area contributed by atoms with E-state index in [0.29, 0.717) is 6.42 Å². The van der Waals surface area contributed by atoms with Crippen molar-refractivity contribution < 1.29 is 28.6 Å². The molecule has 0 aromatic carbocycles. The molecule has 0 amide bonds. The molecule has 1 atom stereocenters. The van der Waals surface area contributed by atoms with Crippen molar-refractivity contribution >= 4 is 17.9 Å². The van der Waals surface area contributed by atoms with E-state index in [4.69, 9.17) is 19.7 Å². The molecule has 1 unspecified atom stereocenters. The SMILES string of the molecule is CCCCCCCCCCCCCCCCCC(=O)OCC(COC(=O)CN=[N+]=N)OC(=O)CCCCCCCCCCCCCCCCC. The highest BCUT2D eigenvalue weighted by atomic mass is 16.6. The normalized spacial score (nSPS) is 11.6. The van der Waals surface area contributed by atoms with Crippen molar-refractivity contribution in [3.63, 3.8) is 0 Å². The lowest BCUT2D eigenvalue weighted by molar-refractivity contribution is -0.166. The van der Waals surface area contributed by atoms with Crippen LogP contribution in [-0.4, -0.2) is 43.8 Å².